The molecule has 0 N–H and O–H groups in total. The summed E-state index contributed by atoms with van der Waals surface area (Å²) in [7, 11) is 1.70. The average Bonchev–Trinajstić information content (AvgIpc) is 2.67. The van der Waals surface area contributed by atoms with Crippen molar-refractivity contribution >= 4 is 11.8 Å². The minimum atomic E-state index is 0.678. The lowest BCUT2D eigenvalue weighted by Crippen LogP contribution is -1.98. The van der Waals surface area contributed by atoms with E-state index in [2.05, 4.69) is 27.9 Å². The number of pyridine rings is 1. The Balaban J connectivity index is 1.85. The summed E-state index contributed by atoms with van der Waals surface area (Å²) in [4.78, 5) is 13.6. The zero-order valence-corrected chi connectivity index (χ0v) is 14.6. The molecule has 0 saturated heterocycles. The maximum atomic E-state index is 5.42. The third-order valence-corrected chi connectivity index (χ3v) is 4.54. The second kappa shape index (κ2) is 7.93. The van der Waals surface area contributed by atoms with Crippen molar-refractivity contribution in [2.75, 3.05) is 7.11 Å². The highest BCUT2D eigenvalue weighted by Gasteiger charge is 2.09. The second-order valence-corrected chi connectivity index (χ2v) is 6.19. The van der Waals surface area contributed by atoms with Gasteiger partial charge in [0.1, 0.15) is 16.5 Å². The summed E-state index contributed by atoms with van der Waals surface area (Å²) in [6.07, 6.45) is 2.63. The lowest BCUT2D eigenvalue weighted by Gasteiger charge is -2.09. The number of hydrogen-bond donors (Lipinski definition) is 0. The topological polar surface area (TPSA) is 47.9 Å². The van der Waals surface area contributed by atoms with Gasteiger partial charge in [-0.15, -0.1) is 11.8 Å². The zero-order valence-electron chi connectivity index (χ0n) is 13.8. The van der Waals surface area contributed by atoms with Gasteiger partial charge < -0.3 is 4.74 Å². The van der Waals surface area contributed by atoms with Gasteiger partial charge in [-0.25, -0.2) is 9.97 Å². The van der Waals surface area contributed by atoms with Crippen LogP contribution in [0.1, 0.15) is 18.2 Å². The summed E-state index contributed by atoms with van der Waals surface area (Å²) in [5, 5.41) is 0.952. The normalized spacial score (nSPS) is 10.6. The Morgan fingerprint density at radius 1 is 1.04 bits per heavy atom. The second-order valence-electron chi connectivity index (χ2n) is 5.19. The van der Waals surface area contributed by atoms with Gasteiger partial charge in [-0.05, 0) is 30.7 Å². The number of methoxy groups -OCH3 is 1. The average molecular weight is 337 g/mol. The van der Waals surface area contributed by atoms with E-state index >= 15 is 0 Å². The van der Waals surface area contributed by atoms with Crippen molar-refractivity contribution in [3.8, 4) is 17.3 Å². The maximum absolute atomic E-state index is 5.42. The molecule has 0 spiro atoms. The first kappa shape index (κ1) is 16.5. The maximum Gasteiger partial charge on any atom is 0.179 e. The lowest BCUT2D eigenvalue weighted by molar-refractivity contribution is 0.411. The third-order valence-electron chi connectivity index (χ3n) is 3.58. The molecule has 0 atom stereocenters. The number of aromatic nitrogens is 3. The first-order valence-electron chi connectivity index (χ1n) is 7.84. The third kappa shape index (κ3) is 3.92. The molecule has 0 aliphatic heterocycles. The van der Waals surface area contributed by atoms with Gasteiger partial charge in [0.15, 0.2) is 5.82 Å². The highest BCUT2D eigenvalue weighted by atomic mass is 32.2. The number of thioether (sulfide) groups is 1. The molecule has 0 amide bonds. The molecule has 2 aromatic heterocycles. The predicted molar refractivity (Wildman–Crippen MR) is 97.2 cm³/mol. The van der Waals surface area contributed by atoms with Crippen LogP contribution >= 0.6 is 11.8 Å². The molecule has 3 aromatic rings. The van der Waals surface area contributed by atoms with Crippen LogP contribution in [0.15, 0.2) is 59.8 Å². The molecule has 2 heterocycles. The summed E-state index contributed by atoms with van der Waals surface area (Å²) >= 11 is 1.68. The Hall–Kier alpha value is -2.40. The Bertz CT molecular complexity index is 809. The molecule has 0 aliphatic carbocycles. The van der Waals surface area contributed by atoms with Crippen LogP contribution in [0, 0.1) is 0 Å². The molecule has 122 valence electrons. The van der Waals surface area contributed by atoms with E-state index in [1.54, 1.807) is 25.1 Å². The van der Waals surface area contributed by atoms with Gasteiger partial charge >= 0.3 is 0 Å². The molecule has 5 heteroatoms. The zero-order chi connectivity index (χ0) is 16.8. The fourth-order valence-electron chi connectivity index (χ4n) is 2.31. The number of para-hydroxylation sites is 1. The van der Waals surface area contributed by atoms with Crippen LogP contribution in [0.2, 0.25) is 0 Å². The standard InChI is InChI=1S/C19H19N3OS/c1-3-15-12-18(22-19(21-15)16-9-6-7-11-20-16)24-13-14-8-4-5-10-17(14)23-2/h4-12H,3,13H2,1-2H3. The predicted octanol–water partition coefficient (Wildman–Crippen LogP) is 4.40. The molecule has 24 heavy (non-hydrogen) atoms. The van der Waals surface area contributed by atoms with Crippen LogP contribution in [0.5, 0.6) is 5.75 Å². The van der Waals surface area contributed by atoms with Crippen molar-refractivity contribution in [2.24, 2.45) is 0 Å². The Labute approximate surface area is 146 Å². The van der Waals surface area contributed by atoms with Crippen LogP contribution in [0.3, 0.4) is 0 Å². The van der Waals surface area contributed by atoms with Crippen molar-refractivity contribution in [3.63, 3.8) is 0 Å². The molecule has 0 fully saturated rings. The Kier molecular flexibility index (Phi) is 5.43. The van der Waals surface area contributed by atoms with Gasteiger partial charge in [0.25, 0.3) is 0 Å². The number of rotatable bonds is 6. The van der Waals surface area contributed by atoms with E-state index in [1.165, 1.54) is 0 Å². The van der Waals surface area contributed by atoms with Crippen molar-refractivity contribution in [1.82, 2.24) is 15.0 Å². The Morgan fingerprint density at radius 3 is 2.62 bits per heavy atom. The van der Waals surface area contributed by atoms with Crippen molar-refractivity contribution in [3.05, 3.63) is 66.0 Å². The molecule has 0 saturated carbocycles. The van der Waals surface area contributed by atoms with E-state index in [-0.39, 0.29) is 0 Å². The minimum Gasteiger partial charge on any atom is -0.496 e. The van der Waals surface area contributed by atoms with Crippen LogP contribution in [-0.4, -0.2) is 22.1 Å². The fourth-order valence-corrected chi connectivity index (χ4v) is 3.22. The van der Waals surface area contributed by atoms with Crippen molar-refractivity contribution < 1.29 is 4.74 Å². The molecule has 1 aromatic carbocycles. The quantitative estimate of drug-likeness (QED) is 0.493. The largest absolute Gasteiger partial charge is 0.496 e. The molecular formula is C19H19N3OS. The number of aryl methyl sites for hydroxylation is 1. The number of hydrogen-bond acceptors (Lipinski definition) is 5. The van der Waals surface area contributed by atoms with Crippen LogP contribution in [0.4, 0.5) is 0 Å². The minimum absolute atomic E-state index is 0.678. The summed E-state index contributed by atoms with van der Waals surface area (Å²) < 4.78 is 5.42. The van der Waals surface area contributed by atoms with E-state index in [4.69, 9.17) is 4.74 Å². The molecule has 0 bridgehead atoms. The van der Waals surface area contributed by atoms with Gasteiger partial charge in [-0.3, -0.25) is 4.98 Å². The molecular weight excluding hydrogens is 318 g/mol. The Morgan fingerprint density at radius 2 is 1.88 bits per heavy atom. The summed E-state index contributed by atoms with van der Waals surface area (Å²) in [6, 6.07) is 15.9. The van der Waals surface area contributed by atoms with E-state index in [0.29, 0.717) is 5.82 Å². The van der Waals surface area contributed by atoms with Gasteiger partial charge in [0.2, 0.25) is 0 Å². The smallest absolute Gasteiger partial charge is 0.179 e. The fraction of sp³-hybridized carbons (Fsp3) is 0.211. The molecule has 3 rings (SSSR count). The number of benzene rings is 1. The van der Waals surface area contributed by atoms with Crippen LogP contribution < -0.4 is 4.74 Å². The summed E-state index contributed by atoms with van der Waals surface area (Å²) in [5.74, 6) is 2.38. The summed E-state index contributed by atoms with van der Waals surface area (Å²) in [6.45, 7) is 2.10. The van der Waals surface area contributed by atoms with E-state index < -0.39 is 0 Å². The van der Waals surface area contributed by atoms with E-state index in [0.717, 1.165) is 39.9 Å². The molecule has 4 nitrogen and oxygen atoms in total. The highest BCUT2D eigenvalue weighted by molar-refractivity contribution is 7.98. The molecule has 0 radical (unpaired) electrons. The van der Waals surface area contributed by atoms with E-state index in [9.17, 15) is 0 Å². The monoisotopic (exact) mass is 337 g/mol. The van der Waals surface area contributed by atoms with Gasteiger partial charge in [-0.1, -0.05) is 31.2 Å². The van der Waals surface area contributed by atoms with Gasteiger partial charge in [-0.2, -0.15) is 0 Å². The van der Waals surface area contributed by atoms with Crippen LogP contribution in [0.25, 0.3) is 11.5 Å². The molecule has 0 aliphatic rings. The van der Waals surface area contributed by atoms with Crippen LogP contribution in [-0.2, 0) is 12.2 Å². The van der Waals surface area contributed by atoms with Gasteiger partial charge in [0, 0.05) is 23.2 Å². The van der Waals surface area contributed by atoms with E-state index in [1.807, 2.05) is 42.5 Å². The summed E-state index contributed by atoms with van der Waals surface area (Å²) in [5.41, 5.74) is 2.97. The number of ether oxygens (including phenoxy) is 1. The first-order chi connectivity index (χ1) is 11.8. The van der Waals surface area contributed by atoms with Gasteiger partial charge in [0.05, 0.1) is 7.11 Å². The lowest BCUT2D eigenvalue weighted by atomic mass is 10.2. The number of nitrogens with zero attached hydrogens (tertiary/aromatic N) is 3. The first-order valence-corrected chi connectivity index (χ1v) is 8.82. The van der Waals surface area contributed by atoms with Crippen molar-refractivity contribution in [2.45, 2.75) is 24.1 Å². The SMILES string of the molecule is CCc1cc(SCc2ccccc2OC)nc(-c2ccccn2)n1. The molecule has 0 unspecified atom stereocenters. The van der Waals surface area contributed by atoms with Crippen molar-refractivity contribution in [1.29, 1.82) is 0 Å². The highest BCUT2D eigenvalue weighted by Crippen LogP contribution is 2.28.